The Balaban J connectivity index is 1.47. The molecule has 0 spiro atoms. The Morgan fingerprint density at radius 2 is 1.97 bits per heavy atom. The summed E-state index contributed by atoms with van der Waals surface area (Å²) in [4.78, 5) is 30.0. The highest BCUT2D eigenvalue weighted by Gasteiger charge is 2.18. The van der Waals surface area contributed by atoms with Crippen LogP contribution in [-0.2, 0) is 0 Å². The van der Waals surface area contributed by atoms with Crippen LogP contribution >= 0.6 is 22.7 Å². The number of hydrogen-bond acceptors (Lipinski definition) is 7. The zero-order chi connectivity index (χ0) is 21.8. The number of furan rings is 1. The van der Waals surface area contributed by atoms with Gasteiger partial charge in [-0.1, -0.05) is 12.1 Å². The van der Waals surface area contributed by atoms with Crippen molar-refractivity contribution in [2.75, 3.05) is 17.2 Å². The zero-order valence-corrected chi connectivity index (χ0v) is 18.4. The predicted octanol–water partition coefficient (Wildman–Crippen LogP) is 5.68. The molecule has 0 radical (unpaired) electrons. The third-order valence-corrected chi connectivity index (χ3v) is 6.20. The van der Waals surface area contributed by atoms with Crippen molar-refractivity contribution in [2.45, 2.75) is 13.8 Å². The number of para-hydroxylation sites is 1. The fourth-order valence-corrected chi connectivity index (χ4v) is 4.59. The Kier molecular flexibility index (Phi) is 6.15. The molecule has 0 aliphatic rings. The van der Waals surface area contributed by atoms with Gasteiger partial charge in [-0.25, -0.2) is 4.98 Å². The van der Waals surface area contributed by atoms with Crippen LogP contribution in [0.5, 0.6) is 5.75 Å². The first-order valence-electron chi connectivity index (χ1n) is 9.49. The van der Waals surface area contributed by atoms with Crippen LogP contribution in [-0.4, -0.2) is 23.4 Å². The van der Waals surface area contributed by atoms with Gasteiger partial charge in [-0.15, -0.1) is 22.7 Å². The molecule has 0 saturated heterocycles. The molecule has 3 aromatic heterocycles. The summed E-state index contributed by atoms with van der Waals surface area (Å²) >= 11 is 2.54. The van der Waals surface area contributed by atoms with E-state index in [2.05, 4.69) is 15.6 Å². The molecule has 4 rings (SSSR count). The van der Waals surface area contributed by atoms with Gasteiger partial charge in [0, 0.05) is 10.9 Å². The molecule has 0 unspecified atom stereocenters. The van der Waals surface area contributed by atoms with Crippen molar-refractivity contribution in [2.24, 2.45) is 0 Å². The van der Waals surface area contributed by atoms with Gasteiger partial charge in [0.15, 0.2) is 10.9 Å². The Morgan fingerprint density at radius 3 is 2.74 bits per heavy atom. The van der Waals surface area contributed by atoms with E-state index < -0.39 is 0 Å². The number of thiazole rings is 1. The minimum Gasteiger partial charge on any atom is -0.493 e. The van der Waals surface area contributed by atoms with Gasteiger partial charge in [-0.05, 0) is 49.7 Å². The van der Waals surface area contributed by atoms with Gasteiger partial charge < -0.3 is 14.5 Å². The number of anilines is 2. The molecular formula is C22H19N3O4S2. The van der Waals surface area contributed by atoms with E-state index in [1.165, 1.54) is 28.9 Å². The molecule has 0 aliphatic carbocycles. The molecule has 0 saturated carbocycles. The van der Waals surface area contributed by atoms with E-state index in [-0.39, 0.29) is 17.6 Å². The molecule has 7 nitrogen and oxygen atoms in total. The number of aromatic nitrogens is 1. The van der Waals surface area contributed by atoms with Crippen molar-refractivity contribution in [1.29, 1.82) is 0 Å². The summed E-state index contributed by atoms with van der Waals surface area (Å²) < 4.78 is 10.8. The third-order valence-electron chi connectivity index (χ3n) is 4.29. The lowest BCUT2D eigenvalue weighted by Crippen LogP contribution is -2.11. The van der Waals surface area contributed by atoms with Gasteiger partial charge in [0.25, 0.3) is 11.8 Å². The molecule has 4 aromatic rings. The van der Waals surface area contributed by atoms with Crippen molar-refractivity contribution in [3.63, 3.8) is 0 Å². The number of carbonyl (C=O) groups is 2. The fraction of sp³-hybridized carbons (Fsp3) is 0.136. The Bertz CT molecular complexity index is 1210. The highest BCUT2D eigenvalue weighted by molar-refractivity contribution is 7.18. The number of benzene rings is 1. The molecule has 2 amide bonds. The molecule has 31 heavy (non-hydrogen) atoms. The summed E-state index contributed by atoms with van der Waals surface area (Å²) in [5.74, 6) is 0.314. The van der Waals surface area contributed by atoms with Gasteiger partial charge in [0.2, 0.25) is 0 Å². The molecule has 0 bridgehead atoms. The number of thiophene rings is 1. The van der Waals surface area contributed by atoms with Crippen LogP contribution in [0.1, 0.15) is 32.7 Å². The number of ether oxygens (including phenoxy) is 1. The molecule has 2 N–H and O–H groups in total. The van der Waals surface area contributed by atoms with Gasteiger partial charge in [-0.3, -0.25) is 14.9 Å². The first-order chi connectivity index (χ1) is 15.0. The van der Waals surface area contributed by atoms with Gasteiger partial charge in [0.05, 0.1) is 28.4 Å². The Hall–Kier alpha value is -3.43. The highest BCUT2D eigenvalue weighted by atomic mass is 32.1. The number of hydrogen-bond donors (Lipinski definition) is 2. The first kappa shape index (κ1) is 20.8. The molecule has 1 aromatic carbocycles. The quantitative estimate of drug-likeness (QED) is 0.376. The van der Waals surface area contributed by atoms with Crippen LogP contribution in [0, 0.1) is 6.92 Å². The summed E-state index contributed by atoms with van der Waals surface area (Å²) in [7, 11) is 0. The van der Waals surface area contributed by atoms with Crippen LogP contribution in [0.4, 0.5) is 10.1 Å². The van der Waals surface area contributed by atoms with Crippen LogP contribution in [0.3, 0.4) is 0 Å². The van der Waals surface area contributed by atoms with E-state index in [4.69, 9.17) is 9.15 Å². The summed E-state index contributed by atoms with van der Waals surface area (Å²) in [5, 5.41) is 8.52. The van der Waals surface area contributed by atoms with E-state index in [0.29, 0.717) is 21.6 Å². The second-order valence-corrected chi connectivity index (χ2v) is 8.39. The molecule has 3 heterocycles. The second-order valence-electron chi connectivity index (χ2n) is 6.48. The van der Waals surface area contributed by atoms with Gasteiger partial charge in [0.1, 0.15) is 5.75 Å². The largest absolute Gasteiger partial charge is 0.493 e. The maximum absolute atomic E-state index is 12.8. The van der Waals surface area contributed by atoms with Crippen LogP contribution in [0.2, 0.25) is 0 Å². The average molecular weight is 454 g/mol. The number of nitrogens with one attached hydrogen (secondary N) is 2. The van der Waals surface area contributed by atoms with Crippen molar-refractivity contribution >= 4 is 44.6 Å². The molecular weight excluding hydrogens is 434 g/mol. The Labute approximate surface area is 186 Å². The monoisotopic (exact) mass is 453 g/mol. The van der Waals surface area contributed by atoms with Gasteiger partial charge in [-0.2, -0.15) is 0 Å². The normalized spacial score (nSPS) is 10.6. The molecule has 0 fully saturated rings. The molecule has 9 heteroatoms. The maximum Gasteiger partial charge on any atom is 0.291 e. The smallest absolute Gasteiger partial charge is 0.291 e. The first-order valence-corrected chi connectivity index (χ1v) is 11.2. The van der Waals surface area contributed by atoms with Crippen molar-refractivity contribution in [1.82, 2.24) is 4.98 Å². The topological polar surface area (TPSA) is 93.5 Å². The van der Waals surface area contributed by atoms with E-state index in [1.54, 1.807) is 18.2 Å². The lowest BCUT2D eigenvalue weighted by atomic mass is 10.1. The van der Waals surface area contributed by atoms with Crippen LogP contribution < -0.4 is 15.4 Å². The SMILES string of the molecule is CCOc1ccccc1-c1csc(NC(=O)c2sc(NC(=O)c3ccco3)cc2C)n1. The van der Waals surface area contributed by atoms with E-state index >= 15 is 0 Å². The standard InChI is InChI=1S/C22H19N3O4S2/c1-3-28-16-8-5-4-7-14(16)15-12-30-22(23-15)25-21(27)19-13(2)11-18(31-19)24-20(26)17-9-6-10-29-17/h4-12H,3H2,1-2H3,(H,24,26)(H,23,25,27). The van der Waals surface area contributed by atoms with Crippen molar-refractivity contribution in [3.8, 4) is 17.0 Å². The third kappa shape index (κ3) is 4.68. The average Bonchev–Trinajstić information content (AvgIpc) is 3.50. The number of aryl methyl sites for hydroxylation is 1. The lowest BCUT2D eigenvalue weighted by molar-refractivity contribution is 0.0995. The van der Waals surface area contributed by atoms with E-state index in [1.807, 2.05) is 43.5 Å². The summed E-state index contributed by atoms with van der Waals surface area (Å²) in [5.41, 5.74) is 2.37. The van der Waals surface area contributed by atoms with Crippen molar-refractivity contribution < 1.29 is 18.7 Å². The van der Waals surface area contributed by atoms with Crippen molar-refractivity contribution in [3.05, 3.63) is 70.3 Å². The zero-order valence-electron chi connectivity index (χ0n) is 16.8. The summed E-state index contributed by atoms with van der Waals surface area (Å²) in [6.45, 7) is 4.30. The summed E-state index contributed by atoms with van der Waals surface area (Å²) in [6.07, 6.45) is 1.43. The minimum atomic E-state index is -0.365. The molecule has 0 aliphatic heterocycles. The number of rotatable bonds is 7. The predicted molar refractivity (Wildman–Crippen MR) is 122 cm³/mol. The van der Waals surface area contributed by atoms with E-state index in [0.717, 1.165) is 22.6 Å². The van der Waals surface area contributed by atoms with E-state index in [9.17, 15) is 9.59 Å². The minimum absolute atomic E-state index is 0.208. The van der Waals surface area contributed by atoms with Crippen LogP contribution in [0.25, 0.3) is 11.3 Å². The second kappa shape index (κ2) is 9.15. The highest BCUT2D eigenvalue weighted by Crippen LogP contribution is 2.33. The van der Waals surface area contributed by atoms with Crippen LogP contribution in [0.15, 0.2) is 58.5 Å². The Morgan fingerprint density at radius 1 is 1.13 bits per heavy atom. The molecule has 158 valence electrons. The number of amides is 2. The number of nitrogens with zero attached hydrogens (tertiary/aromatic N) is 1. The number of carbonyl (C=O) groups excluding carboxylic acids is 2. The lowest BCUT2D eigenvalue weighted by Gasteiger charge is -2.07. The maximum atomic E-state index is 12.8. The summed E-state index contributed by atoms with van der Waals surface area (Å²) in [6, 6.07) is 12.6. The fourth-order valence-electron chi connectivity index (χ4n) is 2.92. The molecule has 0 atom stereocenters. The van der Waals surface area contributed by atoms with Gasteiger partial charge >= 0.3 is 0 Å².